The first-order chi connectivity index (χ1) is 20.7. The molecule has 0 fully saturated rings. The summed E-state index contributed by atoms with van der Waals surface area (Å²) in [7, 11) is 0. The van der Waals surface area contributed by atoms with Crippen molar-refractivity contribution in [3.63, 3.8) is 0 Å². The molecule has 0 aliphatic rings. The van der Waals surface area contributed by atoms with Crippen molar-refractivity contribution in [2.75, 3.05) is 0 Å². The highest BCUT2D eigenvalue weighted by Crippen LogP contribution is 2.36. The van der Waals surface area contributed by atoms with Crippen molar-refractivity contribution in [2.24, 2.45) is 0 Å². The predicted octanol–water partition coefficient (Wildman–Crippen LogP) is 12.5. The molecule has 0 bridgehead atoms. The van der Waals surface area contributed by atoms with Crippen molar-refractivity contribution in [3.05, 3.63) is 87.5 Å². The number of hydrogen-bond acceptors (Lipinski definition) is 0. The molecular formula is C40H60N2. The zero-order chi connectivity index (χ0) is 30.3. The molecule has 0 aliphatic heterocycles. The topological polar surface area (TPSA) is 36.4 Å². The van der Waals surface area contributed by atoms with Gasteiger partial charge in [-0.3, -0.25) is 0 Å². The summed E-state index contributed by atoms with van der Waals surface area (Å²) in [5.74, 6) is 3.07. The lowest BCUT2D eigenvalue weighted by atomic mass is 9.84. The number of benzene rings is 2. The van der Waals surface area contributed by atoms with Gasteiger partial charge in [0.15, 0.2) is 0 Å². The molecule has 0 saturated heterocycles. The standard InChI is InChI=1S/C40H60N2/c1-5-9-13-15-16-19-24-35-26-22-29-37(32-35)40(36-28-21-25-34(31-36)23-17-11-7-3)39(30-20-14-10-6-2)38(33-42-41)27-18-12-8-4/h21-22,25-26,28-29,31-32H,5-20,23-24,27,30H2,1-4H3. The number of aryl methyl sites for hydroxylation is 2. The maximum Gasteiger partial charge on any atom is 0.303 e. The summed E-state index contributed by atoms with van der Waals surface area (Å²) < 4.78 is 0. The van der Waals surface area contributed by atoms with E-state index < -0.39 is 0 Å². The second-order valence-corrected chi connectivity index (χ2v) is 12.2. The number of unbranched alkanes of at least 4 members (excludes halogenated alkanes) is 12. The summed E-state index contributed by atoms with van der Waals surface area (Å²) in [6, 6.07) is 18.6. The zero-order valence-corrected chi connectivity index (χ0v) is 27.7. The highest BCUT2D eigenvalue weighted by molar-refractivity contribution is 5.87. The summed E-state index contributed by atoms with van der Waals surface area (Å²) in [6.45, 7) is 9.08. The Morgan fingerprint density at radius 2 is 1.02 bits per heavy atom. The molecule has 0 aromatic heterocycles. The van der Waals surface area contributed by atoms with Crippen LogP contribution in [-0.2, 0) is 12.8 Å². The van der Waals surface area contributed by atoms with E-state index >= 15 is 0 Å². The van der Waals surface area contributed by atoms with Gasteiger partial charge < -0.3 is 5.53 Å². The van der Waals surface area contributed by atoms with Crippen LogP contribution in [-0.4, -0.2) is 10.7 Å². The van der Waals surface area contributed by atoms with E-state index in [1.165, 1.54) is 123 Å². The maximum absolute atomic E-state index is 9.73. The van der Waals surface area contributed by atoms with E-state index in [-0.39, 0.29) is 0 Å². The van der Waals surface area contributed by atoms with Crippen LogP contribution in [0.1, 0.15) is 166 Å². The molecular weight excluding hydrogens is 508 g/mol. The van der Waals surface area contributed by atoms with Crippen molar-refractivity contribution in [1.82, 2.24) is 0 Å². The number of rotatable bonds is 23. The van der Waals surface area contributed by atoms with Crippen LogP contribution in [0.5, 0.6) is 0 Å². The monoisotopic (exact) mass is 568 g/mol. The van der Waals surface area contributed by atoms with Crippen molar-refractivity contribution in [1.29, 1.82) is 0 Å². The van der Waals surface area contributed by atoms with Crippen molar-refractivity contribution >= 4 is 11.4 Å². The smallest absolute Gasteiger partial charge is 0.303 e. The van der Waals surface area contributed by atoms with Gasteiger partial charge in [0.25, 0.3) is 0 Å². The van der Waals surface area contributed by atoms with Gasteiger partial charge >= 0.3 is 5.87 Å². The Labute approximate surface area is 259 Å². The Hall–Kier alpha value is -2.66. The highest BCUT2D eigenvalue weighted by Gasteiger charge is 2.19. The minimum Gasteiger partial charge on any atom is -0.348 e. The third-order valence-electron chi connectivity index (χ3n) is 8.48. The van der Waals surface area contributed by atoms with Crippen molar-refractivity contribution < 1.29 is 4.79 Å². The van der Waals surface area contributed by atoms with E-state index in [2.05, 4.69) is 86.9 Å². The first kappa shape index (κ1) is 35.5. The Bertz CT molecular complexity index is 1130. The number of hydrogen-bond donors (Lipinski definition) is 0. The van der Waals surface area contributed by atoms with Gasteiger partial charge in [-0.05, 0) is 84.8 Å². The van der Waals surface area contributed by atoms with Crippen LogP contribution in [0.3, 0.4) is 0 Å². The van der Waals surface area contributed by atoms with Gasteiger partial charge in [-0.25, -0.2) is 0 Å². The molecule has 2 rings (SSSR count). The molecule has 0 amide bonds. The molecule has 0 unspecified atom stereocenters. The van der Waals surface area contributed by atoms with Gasteiger partial charge in [0, 0.05) is 0 Å². The summed E-state index contributed by atoms with van der Waals surface area (Å²) in [5, 5.41) is 0. The minimum absolute atomic E-state index is 0.901. The van der Waals surface area contributed by atoms with Gasteiger partial charge in [-0.2, -0.15) is 0 Å². The average molecular weight is 569 g/mol. The first-order valence-electron chi connectivity index (χ1n) is 17.6. The van der Waals surface area contributed by atoms with Crippen LogP contribution >= 0.6 is 0 Å². The zero-order valence-electron chi connectivity index (χ0n) is 27.7. The van der Waals surface area contributed by atoms with Crippen LogP contribution in [0.15, 0.2) is 59.7 Å². The summed E-state index contributed by atoms with van der Waals surface area (Å²) >= 11 is 0. The fourth-order valence-electron chi connectivity index (χ4n) is 6.01. The van der Waals surface area contributed by atoms with E-state index in [1.54, 1.807) is 0 Å². The second-order valence-electron chi connectivity index (χ2n) is 12.2. The van der Waals surface area contributed by atoms with Gasteiger partial charge in [0.1, 0.15) is 0 Å². The summed E-state index contributed by atoms with van der Waals surface area (Å²) in [4.78, 5) is 3.48. The number of allylic oxidation sites excluding steroid dienone is 2. The second kappa shape index (κ2) is 22.9. The van der Waals surface area contributed by atoms with Crippen LogP contribution in [0.2, 0.25) is 0 Å². The molecule has 0 atom stereocenters. The third kappa shape index (κ3) is 13.5. The fourth-order valence-corrected chi connectivity index (χ4v) is 6.01. The maximum atomic E-state index is 9.73. The minimum atomic E-state index is 0.901. The van der Waals surface area contributed by atoms with E-state index in [4.69, 9.17) is 0 Å². The Kier molecular flexibility index (Phi) is 19.4. The molecule has 2 nitrogen and oxygen atoms in total. The van der Waals surface area contributed by atoms with E-state index in [0.717, 1.165) is 44.1 Å². The predicted molar refractivity (Wildman–Crippen MR) is 184 cm³/mol. The largest absolute Gasteiger partial charge is 0.348 e. The van der Waals surface area contributed by atoms with Gasteiger partial charge in [0.05, 0.1) is 5.57 Å². The SMILES string of the molecule is CCCCCCCCc1cccc(C(=C(CCCCCC)C(=C=[N+]=[N-])CCCCC)c2cccc(CCCCC)c2)c1. The normalized spacial score (nSPS) is 11.6. The van der Waals surface area contributed by atoms with E-state index in [0.29, 0.717) is 0 Å². The molecule has 42 heavy (non-hydrogen) atoms. The van der Waals surface area contributed by atoms with Gasteiger partial charge in [-0.15, -0.1) is 4.79 Å². The quantitative estimate of drug-likeness (QED) is 0.0420. The first-order valence-corrected chi connectivity index (χ1v) is 17.6. The molecule has 2 aromatic rings. The molecule has 230 valence electrons. The van der Waals surface area contributed by atoms with Gasteiger partial charge in [-0.1, -0.05) is 153 Å². The van der Waals surface area contributed by atoms with Crippen LogP contribution in [0.25, 0.3) is 11.1 Å². The van der Waals surface area contributed by atoms with Gasteiger partial charge in [0.2, 0.25) is 0 Å². The van der Waals surface area contributed by atoms with Crippen LogP contribution in [0.4, 0.5) is 0 Å². The molecule has 2 heteroatoms. The Morgan fingerprint density at radius 3 is 1.60 bits per heavy atom. The number of nitrogens with zero attached hydrogens (tertiary/aromatic N) is 2. The molecule has 0 spiro atoms. The summed E-state index contributed by atoms with van der Waals surface area (Å²) in [6.07, 6.45) is 24.1. The van der Waals surface area contributed by atoms with Crippen LogP contribution < -0.4 is 0 Å². The lowest BCUT2D eigenvalue weighted by Gasteiger charge is -2.19. The fraction of sp³-hybridized carbons (Fsp3) is 0.600. The highest BCUT2D eigenvalue weighted by atomic mass is 14.8. The molecule has 0 aliphatic carbocycles. The molecule has 2 aromatic carbocycles. The molecule has 0 saturated carbocycles. The average Bonchev–Trinajstić information content (AvgIpc) is 3.00. The van der Waals surface area contributed by atoms with Crippen molar-refractivity contribution in [3.8, 4) is 0 Å². The molecule has 0 heterocycles. The third-order valence-corrected chi connectivity index (χ3v) is 8.48. The van der Waals surface area contributed by atoms with E-state index in [9.17, 15) is 5.53 Å². The Morgan fingerprint density at radius 1 is 0.571 bits per heavy atom. The van der Waals surface area contributed by atoms with Crippen LogP contribution in [0, 0.1) is 0 Å². The Balaban J connectivity index is 2.61. The lowest BCUT2D eigenvalue weighted by Crippen LogP contribution is -2.02. The lowest BCUT2D eigenvalue weighted by molar-refractivity contribution is 0.00739. The molecule has 0 N–H and O–H groups in total. The summed E-state index contributed by atoms with van der Waals surface area (Å²) in [5.41, 5.74) is 18.9. The van der Waals surface area contributed by atoms with Crippen molar-refractivity contribution in [2.45, 2.75) is 156 Å². The molecule has 0 radical (unpaired) electrons. The van der Waals surface area contributed by atoms with E-state index in [1.807, 2.05) is 0 Å².